The summed E-state index contributed by atoms with van der Waals surface area (Å²) in [5.41, 5.74) is 5.09. The lowest BCUT2D eigenvalue weighted by Crippen LogP contribution is -2.13. The number of nitrogens with two attached hydrogens (primary N) is 1. The normalized spacial score (nSPS) is 10.5. The fraction of sp³-hybridized carbons (Fsp3) is 0.143. The van der Waals surface area contributed by atoms with Gasteiger partial charge in [-0.1, -0.05) is 11.6 Å². The molecule has 0 atom stereocenters. The number of benzene rings is 1. The Hall–Kier alpha value is -2.41. The zero-order valence-electron chi connectivity index (χ0n) is 11.2. The summed E-state index contributed by atoms with van der Waals surface area (Å²) in [7, 11) is 0. The van der Waals surface area contributed by atoms with Crippen LogP contribution >= 0.6 is 11.6 Å². The minimum Gasteiger partial charge on any atom is -0.508 e. The number of amides is 1. The van der Waals surface area contributed by atoms with Crippen LogP contribution in [-0.4, -0.2) is 22.5 Å². The van der Waals surface area contributed by atoms with Gasteiger partial charge in [0.1, 0.15) is 23.2 Å². The number of aromatic hydroxyl groups is 1. The lowest BCUT2D eigenvalue weighted by Gasteiger charge is -2.09. The topological polar surface area (TPSA) is 88.2 Å². The van der Waals surface area contributed by atoms with E-state index in [4.69, 9.17) is 22.4 Å². The van der Waals surface area contributed by atoms with Crippen molar-refractivity contribution in [3.63, 3.8) is 0 Å². The van der Waals surface area contributed by atoms with E-state index in [1.54, 1.807) is 0 Å². The average molecular weight is 328 g/mol. The molecule has 2 aromatic rings. The van der Waals surface area contributed by atoms with Gasteiger partial charge in [-0.15, -0.1) is 0 Å². The monoisotopic (exact) mass is 327 g/mol. The van der Waals surface area contributed by atoms with Gasteiger partial charge in [0.25, 0.3) is 0 Å². The van der Waals surface area contributed by atoms with E-state index in [1.165, 1.54) is 12.3 Å². The van der Waals surface area contributed by atoms with Gasteiger partial charge >= 0.3 is 0 Å². The number of rotatable bonds is 5. The SMILES string of the molecule is NC(=O)c1cnc(NCCc2c(F)cc(O)cc2F)c(Cl)c1. The van der Waals surface area contributed by atoms with E-state index in [0.29, 0.717) is 0 Å². The van der Waals surface area contributed by atoms with Crippen LogP contribution < -0.4 is 11.1 Å². The Labute approximate surface area is 129 Å². The van der Waals surface area contributed by atoms with Crippen molar-refractivity contribution in [2.24, 2.45) is 5.73 Å². The molecule has 0 aliphatic heterocycles. The number of carbonyl (C=O) groups excluding carboxylic acids is 1. The summed E-state index contributed by atoms with van der Waals surface area (Å²) >= 11 is 5.92. The van der Waals surface area contributed by atoms with Crippen LogP contribution in [-0.2, 0) is 6.42 Å². The molecule has 0 radical (unpaired) electrons. The third-order valence-corrected chi connectivity index (χ3v) is 3.21. The molecule has 2 rings (SSSR count). The Balaban J connectivity index is 2.04. The van der Waals surface area contributed by atoms with Gasteiger partial charge in [0.15, 0.2) is 0 Å². The summed E-state index contributed by atoms with van der Waals surface area (Å²) in [5.74, 6) is -2.52. The third kappa shape index (κ3) is 3.62. The van der Waals surface area contributed by atoms with E-state index in [-0.39, 0.29) is 34.9 Å². The molecule has 1 aromatic heterocycles. The molecule has 22 heavy (non-hydrogen) atoms. The van der Waals surface area contributed by atoms with Crippen molar-refractivity contribution in [2.45, 2.75) is 6.42 Å². The van der Waals surface area contributed by atoms with E-state index in [9.17, 15) is 13.6 Å². The molecule has 0 spiro atoms. The van der Waals surface area contributed by atoms with Crippen LogP contribution in [0.25, 0.3) is 0 Å². The number of aromatic nitrogens is 1. The smallest absolute Gasteiger partial charge is 0.250 e. The van der Waals surface area contributed by atoms with Crippen molar-refractivity contribution in [3.8, 4) is 5.75 Å². The first-order valence-corrected chi connectivity index (χ1v) is 6.62. The van der Waals surface area contributed by atoms with Gasteiger partial charge in [0.2, 0.25) is 5.91 Å². The van der Waals surface area contributed by atoms with Gasteiger partial charge in [-0.25, -0.2) is 13.8 Å². The fourth-order valence-electron chi connectivity index (χ4n) is 1.84. The van der Waals surface area contributed by atoms with Gasteiger partial charge in [-0.05, 0) is 12.5 Å². The van der Waals surface area contributed by atoms with Gasteiger partial charge in [-0.2, -0.15) is 0 Å². The Morgan fingerprint density at radius 3 is 2.50 bits per heavy atom. The Morgan fingerprint density at radius 1 is 1.32 bits per heavy atom. The molecule has 5 nitrogen and oxygen atoms in total. The Bertz CT molecular complexity index is 702. The van der Waals surface area contributed by atoms with Gasteiger partial charge in [0.05, 0.1) is 10.6 Å². The number of carbonyl (C=O) groups is 1. The minimum absolute atomic E-state index is 0.0214. The maximum atomic E-state index is 13.5. The second kappa shape index (κ2) is 6.57. The zero-order valence-corrected chi connectivity index (χ0v) is 12.0. The molecule has 0 fully saturated rings. The maximum absolute atomic E-state index is 13.5. The second-order valence-corrected chi connectivity index (χ2v) is 4.89. The highest BCUT2D eigenvalue weighted by Crippen LogP contribution is 2.22. The standard InChI is InChI=1S/C14H12ClF2N3O2/c15-10-3-7(13(18)22)6-20-14(10)19-2-1-9-11(16)4-8(21)5-12(9)17/h3-6,21H,1-2H2,(H2,18,22)(H,19,20). The number of hydrogen-bond donors (Lipinski definition) is 3. The number of nitrogens with one attached hydrogen (secondary N) is 1. The van der Waals surface area contributed by atoms with Gasteiger partial charge in [0, 0.05) is 30.4 Å². The first-order chi connectivity index (χ1) is 10.4. The van der Waals surface area contributed by atoms with E-state index in [2.05, 4.69) is 10.3 Å². The molecule has 0 aliphatic rings. The van der Waals surface area contributed by atoms with Crippen molar-refractivity contribution in [1.82, 2.24) is 4.98 Å². The average Bonchev–Trinajstić information content (AvgIpc) is 2.42. The summed E-state index contributed by atoms with van der Waals surface area (Å²) in [5, 5.41) is 12.0. The van der Waals surface area contributed by atoms with Crippen LogP contribution in [0.5, 0.6) is 5.75 Å². The first kappa shape index (κ1) is 16.0. The lowest BCUT2D eigenvalue weighted by atomic mass is 10.1. The molecule has 0 saturated heterocycles. The number of anilines is 1. The molecule has 0 aliphatic carbocycles. The highest BCUT2D eigenvalue weighted by atomic mass is 35.5. The maximum Gasteiger partial charge on any atom is 0.250 e. The number of nitrogens with zero attached hydrogens (tertiary/aromatic N) is 1. The van der Waals surface area contributed by atoms with Crippen molar-refractivity contribution >= 4 is 23.3 Å². The van der Waals surface area contributed by atoms with Gasteiger partial charge < -0.3 is 16.2 Å². The van der Waals surface area contributed by atoms with Crippen LogP contribution in [0.15, 0.2) is 24.4 Å². The van der Waals surface area contributed by atoms with E-state index in [1.807, 2.05) is 0 Å². The fourth-order valence-corrected chi connectivity index (χ4v) is 2.07. The predicted octanol–water partition coefficient (Wildman–Crippen LogP) is 2.47. The molecule has 116 valence electrons. The number of phenols is 1. The predicted molar refractivity (Wildman–Crippen MR) is 78.0 cm³/mol. The van der Waals surface area contributed by atoms with Crippen LogP contribution in [0.4, 0.5) is 14.6 Å². The van der Waals surface area contributed by atoms with E-state index >= 15 is 0 Å². The molecule has 1 heterocycles. The molecule has 1 amide bonds. The van der Waals surface area contributed by atoms with E-state index < -0.39 is 23.3 Å². The number of hydrogen-bond acceptors (Lipinski definition) is 4. The first-order valence-electron chi connectivity index (χ1n) is 6.24. The Morgan fingerprint density at radius 2 is 1.95 bits per heavy atom. The van der Waals surface area contributed by atoms with Gasteiger partial charge in [-0.3, -0.25) is 4.79 Å². The molecular weight excluding hydrogens is 316 g/mol. The van der Waals surface area contributed by atoms with Crippen molar-refractivity contribution < 1.29 is 18.7 Å². The highest BCUT2D eigenvalue weighted by Gasteiger charge is 2.12. The number of phenolic OH excluding ortho intramolecular Hbond substituents is 1. The van der Waals surface area contributed by atoms with Crippen LogP contribution in [0.1, 0.15) is 15.9 Å². The van der Waals surface area contributed by atoms with Crippen LogP contribution in [0, 0.1) is 11.6 Å². The zero-order chi connectivity index (χ0) is 16.3. The summed E-state index contributed by atoms with van der Waals surface area (Å²) in [4.78, 5) is 14.9. The molecule has 4 N–H and O–H groups in total. The molecule has 8 heteroatoms. The molecule has 0 unspecified atom stereocenters. The Kier molecular flexibility index (Phi) is 4.77. The third-order valence-electron chi connectivity index (χ3n) is 2.92. The van der Waals surface area contributed by atoms with Crippen molar-refractivity contribution in [3.05, 3.63) is 52.2 Å². The summed E-state index contributed by atoms with van der Waals surface area (Å²) in [6.07, 6.45) is 1.27. The van der Waals surface area contributed by atoms with Crippen LogP contribution in [0.2, 0.25) is 5.02 Å². The van der Waals surface area contributed by atoms with Crippen LogP contribution in [0.3, 0.4) is 0 Å². The molecule has 0 bridgehead atoms. The highest BCUT2D eigenvalue weighted by molar-refractivity contribution is 6.33. The minimum atomic E-state index is -0.831. The molecule has 0 saturated carbocycles. The number of pyridine rings is 1. The van der Waals surface area contributed by atoms with Crippen molar-refractivity contribution in [2.75, 3.05) is 11.9 Å². The largest absolute Gasteiger partial charge is 0.508 e. The lowest BCUT2D eigenvalue weighted by molar-refractivity contribution is 0.1000. The summed E-state index contributed by atoms with van der Waals surface area (Å²) in [6, 6.07) is 3.03. The molecule has 1 aromatic carbocycles. The van der Waals surface area contributed by atoms with Crippen molar-refractivity contribution in [1.29, 1.82) is 0 Å². The number of halogens is 3. The number of primary amides is 1. The summed E-state index contributed by atoms with van der Waals surface area (Å²) < 4.78 is 27.1. The molecular formula is C14H12ClF2N3O2. The second-order valence-electron chi connectivity index (χ2n) is 4.48. The van der Waals surface area contributed by atoms with E-state index in [0.717, 1.165) is 12.1 Å². The summed E-state index contributed by atoms with van der Waals surface area (Å²) in [6.45, 7) is 0.154. The quantitative estimate of drug-likeness (QED) is 0.787.